The minimum absolute atomic E-state index is 0.617. The highest BCUT2D eigenvalue weighted by Crippen LogP contribution is 2.33. The van der Waals surface area contributed by atoms with E-state index in [0.717, 1.165) is 18.0 Å². The highest BCUT2D eigenvalue weighted by molar-refractivity contribution is 5.06. The summed E-state index contributed by atoms with van der Waals surface area (Å²) in [6.07, 6.45) is 12.1. The molecule has 0 spiro atoms. The molecule has 2 heterocycles. The van der Waals surface area contributed by atoms with Gasteiger partial charge in [0.05, 0.1) is 11.4 Å². The summed E-state index contributed by atoms with van der Waals surface area (Å²) in [6.45, 7) is 31.1. The molecule has 0 saturated heterocycles. The zero-order valence-electron chi connectivity index (χ0n) is 28.1. The molecule has 1 aliphatic carbocycles. The zero-order chi connectivity index (χ0) is 29.5. The second-order valence-electron chi connectivity index (χ2n) is 7.74. The van der Waals surface area contributed by atoms with Crippen molar-refractivity contribution in [3.63, 3.8) is 0 Å². The summed E-state index contributed by atoms with van der Waals surface area (Å²) in [4.78, 5) is 0. The number of aromatic nitrogens is 4. The lowest BCUT2D eigenvalue weighted by atomic mass is 9.90. The second kappa shape index (κ2) is 35.6. The lowest BCUT2D eigenvalue weighted by molar-refractivity contribution is 0.469. The van der Waals surface area contributed by atoms with Crippen LogP contribution in [0.25, 0.3) is 0 Å². The van der Waals surface area contributed by atoms with Crippen molar-refractivity contribution in [3.8, 4) is 0 Å². The molecule has 0 amide bonds. The average molecular weight is 511 g/mol. The molecule has 3 rings (SSSR count). The third-order valence-electron chi connectivity index (χ3n) is 4.88. The zero-order valence-corrected chi connectivity index (χ0v) is 28.1. The number of hydrogen-bond donors (Lipinski definition) is 0. The molecule has 2 aromatic heterocycles. The minimum Gasteiger partial charge on any atom is -0.276 e. The van der Waals surface area contributed by atoms with Crippen LogP contribution in [0.2, 0.25) is 0 Å². The number of aryl methyl sites for hydroxylation is 3. The van der Waals surface area contributed by atoms with E-state index in [4.69, 9.17) is 0 Å². The van der Waals surface area contributed by atoms with Crippen LogP contribution in [0.3, 0.4) is 0 Å². The standard InChI is InChI=1S/C10H18N2.C6H10N2.C6H12.5C2H6/c1-5-9(8(2)3)10-6-7-12(4)11-10;1-3-6-4-5-8(2)7-6;1-2-3-6-4-5-6;5*1-2/h6-9H,5H2,1-4H3;4-5H,3H2,1-2H3;6H,2-5H2,1H3;5*1-2H3. The molecule has 1 aliphatic rings. The van der Waals surface area contributed by atoms with Crippen LogP contribution < -0.4 is 0 Å². The molecule has 0 N–H and O–H groups in total. The largest absolute Gasteiger partial charge is 0.276 e. The Bertz CT molecular complexity index is 595. The van der Waals surface area contributed by atoms with Gasteiger partial charge < -0.3 is 0 Å². The van der Waals surface area contributed by atoms with E-state index in [-0.39, 0.29) is 0 Å². The van der Waals surface area contributed by atoms with Crippen molar-refractivity contribution in [3.05, 3.63) is 35.9 Å². The van der Waals surface area contributed by atoms with Crippen LogP contribution in [0.4, 0.5) is 0 Å². The molecule has 36 heavy (non-hydrogen) atoms. The molecule has 0 radical (unpaired) electrons. The smallest absolute Gasteiger partial charge is 0.0657 e. The van der Waals surface area contributed by atoms with Crippen LogP contribution in [0.1, 0.15) is 153 Å². The van der Waals surface area contributed by atoms with Crippen LogP contribution in [-0.2, 0) is 20.5 Å². The van der Waals surface area contributed by atoms with Gasteiger partial charge in [0.15, 0.2) is 0 Å². The third-order valence-corrected chi connectivity index (χ3v) is 4.88. The van der Waals surface area contributed by atoms with Gasteiger partial charge >= 0.3 is 0 Å². The Morgan fingerprint density at radius 3 is 1.39 bits per heavy atom. The van der Waals surface area contributed by atoms with E-state index in [1.54, 1.807) is 0 Å². The Morgan fingerprint density at radius 1 is 0.750 bits per heavy atom. The molecule has 1 atom stereocenters. The fraction of sp³-hybridized carbons (Fsp3) is 0.812. The number of rotatable bonds is 6. The second-order valence-corrected chi connectivity index (χ2v) is 7.74. The maximum Gasteiger partial charge on any atom is 0.0657 e. The molecule has 4 nitrogen and oxygen atoms in total. The summed E-state index contributed by atoms with van der Waals surface area (Å²) >= 11 is 0. The average Bonchev–Trinajstić information content (AvgIpc) is 3.50. The fourth-order valence-electron chi connectivity index (χ4n) is 3.12. The molecule has 0 bridgehead atoms. The van der Waals surface area contributed by atoms with Crippen molar-refractivity contribution in [2.45, 2.75) is 148 Å². The molecular formula is C32H70N4. The Balaban J connectivity index is -0.000000117. The van der Waals surface area contributed by atoms with E-state index in [2.05, 4.69) is 50.9 Å². The van der Waals surface area contributed by atoms with Gasteiger partial charge in [-0.1, -0.05) is 130 Å². The van der Waals surface area contributed by atoms with E-state index < -0.39 is 0 Å². The van der Waals surface area contributed by atoms with Crippen molar-refractivity contribution in [1.82, 2.24) is 19.6 Å². The number of hydrogen-bond acceptors (Lipinski definition) is 2. The van der Waals surface area contributed by atoms with Crippen molar-refractivity contribution in [2.24, 2.45) is 25.9 Å². The first-order valence-corrected chi connectivity index (χ1v) is 15.4. The highest BCUT2D eigenvalue weighted by atomic mass is 15.3. The van der Waals surface area contributed by atoms with Crippen LogP contribution >= 0.6 is 0 Å². The van der Waals surface area contributed by atoms with Crippen LogP contribution in [0.15, 0.2) is 24.5 Å². The Morgan fingerprint density at radius 2 is 1.19 bits per heavy atom. The maximum atomic E-state index is 4.42. The van der Waals surface area contributed by atoms with Crippen molar-refractivity contribution in [1.29, 1.82) is 0 Å². The molecule has 218 valence electrons. The quantitative estimate of drug-likeness (QED) is 0.387. The summed E-state index contributed by atoms with van der Waals surface area (Å²) in [6, 6.07) is 4.15. The van der Waals surface area contributed by atoms with E-state index >= 15 is 0 Å². The predicted octanol–water partition coefficient (Wildman–Crippen LogP) is 10.9. The minimum atomic E-state index is 0.617. The predicted molar refractivity (Wildman–Crippen MR) is 168 cm³/mol. The Labute approximate surface area is 229 Å². The topological polar surface area (TPSA) is 35.6 Å². The summed E-state index contributed by atoms with van der Waals surface area (Å²) in [5.41, 5.74) is 2.39. The van der Waals surface area contributed by atoms with Gasteiger partial charge in [0.2, 0.25) is 0 Å². The van der Waals surface area contributed by atoms with Crippen LogP contribution in [-0.4, -0.2) is 19.6 Å². The molecule has 0 aromatic carbocycles. The first kappa shape index (κ1) is 44.4. The van der Waals surface area contributed by atoms with Gasteiger partial charge in [-0.15, -0.1) is 0 Å². The van der Waals surface area contributed by atoms with E-state index in [1.807, 2.05) is 111 Å². The molecule has 4 heteroatoms. The lowest BCUT2D eigenvalue weighted by Gasteiger charge is -2.15. The molecule has 2 aromatic rings. The maximum absolute atomic E-state index is 4.42. The summed E-state index contributed by atoms with van der Waals surface area (Å²) in [5, 5.41) is 8.57. The molecular weight excluding hydrogens is 440 g/mol. The summed E-state index contributed by atoms with van der Waals surface area (Å²) in [5.74, 6) is 2.45. The van der Waals surface area contributed by atoms with Gasteiger partial charge in [-0.05, 0) is 36.8 Å². The monoisotopic (exact) mass is 511 g/mol. The van der Waals surface area contributed by atoms with Crippen LogP contribution in [0.5, 0.6) is 0 Å². The molecule has 1 fully saturated rings. The first-order chi connectivity index (χ1) is 17.4. The van der Waals surface area contributed by atoms with Gasteiger partial charge in [-0.25, -0.2) is 0 Å². The molecule has 1 unspecified atom stereocenters. The SMILES string of the molecule is CC.CC.CC.CC.CC.CCC(c1ccn(C)n1)C(C)C.CCCC1CC1.CCc1ccn(C)n1. The summed E-state index contributed by atoms with van der Waals surface area (Å²) < 4.78 is 3.69. The summed E-state index contributed by atoms with van der Waals surface area (Å²) in [7, 11) is 3.90. The molecule has 0 aliphatic heterocycles. The van der Waals surface area contributed by atoms with Crippen molar-refractivity contribution >= 4 is 0 Å². The lowest BCUT2D eigenvalue weighted by Crippen LogP contribution is -2.06. The Hall–Kier alpha value is -1.58. The number of nitrogens with zero attached hydrogens (tertiary/aromatic N) is 4. The Kier molecular flexibility index (Phi) is 43.9. The van der Waals surface area contributed by atoms with Gasteiger partial charge in [-0.3, -0.25) is 9.36 Å². The van der Waals surface area contributed by atoms with Gasteiger partial charge in [-0.2, -0.15) is 10.2 Å². The highest BCUT2D eigenvalue weighted by Gasteiger charge is 2.18. The normalized spacial score (nSPS) is 11.2. The van der Waals surface area contributed by atoms with Crippen LogP contribution in [0, 0.1) is 11.8 Å². The third kappa shape index (κ3) is 27.0. The first-order valence-electron chi connectivity index (χ1n) is 15.4. The van der Waals surface area contributed by atoms with E-state index in [9.17, 15) is 0 Å². The fourth-order valence-corrected chi connectivity index (χ4v) is 3.12. The van der Waals surface area contributed by atoms with Crippen molar-refractivity contribution < 1.29 is 0 Å². The van der Waals surface area contributed by atoms with Gasteiger partial charge in [0, 0.05) is 32.4 Å². The van der Waals surface area contributed by atoms with E-state index in [1.165, 1.54) is 37.8 Å². The van der Waals surface area contributed by atoms with Gasteiger partial charge in [0.1, 0.15) is 0 Å². The van der Waals surface area contributed by atoms with Gasteiger partial charge in [0.25, 0.3) is 0 Å². The van der Waals surface area contributed by atoms with E-state index in [0.29, 0.717) is 11.8 Å². The van der Waals surface area contributed by atoms with Crippen molar-refractivity contribution in [2.75, 3.05) is 0 Å². The molecule has 1 saturated carbocycles.